The number of rotatable bonds is 3. The molecule has 2 amide bonds. The number of aromatic amines is 1. The number of nitrogens with one attached hydrogen (secondary N) is 1. The number of carbonyl (C=O) groups excluding carboxylic acids is 2. The van der Waals surface area contributed by atoms with Crippen LogP contribution in [-0.2, 0) is 0 Å². The van der Waals surface area contributed by atoms with E-state index in [4.69, 9.17) is 0 Å². The minimum Gasteiger partial charge on any atom is -0.509 e. The number of benzene rings is 2. The molecule has 7 nitrogen and oxygen atoms in total. The van der Waals surface area contributed by atoms with E-state index in [1.54, 1.807) is 36.4 Å². The number of allylic oxidation sites excluding steroid dienone is 1. The molecule has 1 atom stereocenters. The Morgan fingerprint density at radius 2 is 1.70 bits per heavy atom. The Balaban J connectivity index is 1.76. The SMILES string of the molecule is C[C@@H](C(O)=C(C#N)c1nc2ccccc2[nH]1)N1C(=O)c2ccccc2C1=O. The van der Waals surface area contributed by atoms with Gasteiger partial charge in [0.1, 0.15) is 17.4 Å². The first-order valence-electron chi connectivity index (χ1n) is 8.28. The summed E-state index contributed by atoms with van der Waals surface area (Å²) in [5.74, 6) is -1.22. The number of hydrogen-bond donors (Lipinski definition) is 2. The van der Waals surface area contributed by atoms with Crippen molar-refractivity contribution in [2.24, 2.45) is 0 Å². The van der Waals surface area contributed by atoms with E-state index >= 15 is 0 Å². The van der Waals surface area contributed by atoms with Crippen LogP contribution >= 0.6 is 0 Å². The molecule has 0 spiro atoms. The Hall–Kier alpha value is -3.92. The number of aliphatic hydroxyl groups is 1. The molecule has 1 aliphatic rings. The largest absolute Gasteiger partial charge is 0.509 e. The van der Waals surface area contributed by atoms with Crippen LogP contribution < -0.4 is 0 Å². The molecule has 0 radical (unpaired) electrons. The second-order valence-corrected chi connectivity index (χ2v) is 6.18. The highest BCUT2D eigenvalue weighted by molar-refractivity contribution is 6.21. The summed E-state index contributed by atoms with van der Waals surface area (Å²) in [6, 6.07) is 14.6. The Labute approximate surface area is 154 Å². The van der Waals surface area contributed by atoms with Crippen molar-refractivity contribution in [3.8, 4) is 6.07 Å². The van der Waals surface area contributed by atoms with Gasteiger partial charge in [0.15, 0.2) is 5.82 Å². The van der Waals surface area contributed by atoms with Crippen LogP contribution in [0.15, 0.2) is 54.3 Å². The van der Waals surface area contributed by atoms with Gasteiger partial charge in [-0.25, -0.2) is 4.98 Å². The van der Waals surface area contributed by atoms with Crippen molar-refractivity contribution in [2.75, 3.05) is 0 Å². The molecule has 1 aliphatic heterocycles. The molecule has 132 valence electrons. The second kappa shape index (κ2) is 6.11. The van der Waals surface area contributed by atoms with Crippen molar-refractivity contribution < 1.29 is 14.7 Å². The monoisotopic (exact) mass is 358 g/mol. The molecule has 27 heavy (non-hydrogen) atoms. The van der Waals surface area contributed by atoms with Gasteiger partial charge in [-0.05, 0) is 31.2 Å². The average Bonchev–Trinajstić information content (AvgIpc) is 3.21. The van der Waals surface area contributed by atoms with E-state index in [1.165, 1.54) is 6.92 Å². The van der Waals surface area contributed by atoms with Gasteiger partial charge in [-0.2, -0.15) is 5.26 Å². The number of imide groups is 1. The van der Waals surface area contributed by atoms with E-state index in [-0.39, 0.29) is 22.5 Å². The maximum absolute atomic E-state index is 12.6. The molecule has 0 bridgehead atoms. The van der Waals surface area contributed by atoms with Gasteiger partial charge in [0.05, 0.1) is 28.2 Å². The Morgan fingerprint density at radius 1 is 1.11 bits per heavy atom. The fraction of sp³-hybridized carbons (Fsp3) is 0.100. The fourth-order valence-electron chi connectivity index (χ4n) is 3.19. The third-order valence-electron chi connectivity index (χ3n) is 4.60. The number of para-hydroxylation sites is 2. The van der Waals surface area contributed by atoms with Gasteiger partial charge in [0.25, 0.3) is 11.8 Å². The number of aliphatic hydroxyl groups excluding tert-OH is 1. The molecule has 0 aliphatic carbocycles. The summed E-state index contributed by atoms with van der Waals surface area (Å²) in [4.78, 5) is 33.5. The number of imidazole rings is 1. The molecule has 2 aromatic carbocycles. The van der Waals surface area contributed by atoms with Gasteiger partial charge in [-0.15, -0.1) is 0 Å². The minimum absolute atomic E-state index is 0.116. The summed E-state index contributed by atoms with van der Waals surface area (Å²) < 4.78 is 0. The lowest BCUT2D eigenvalue weighted by molar-refractivity contribution is 0.0590. The zero-order chi connectivity index (χ0) is 19.1. The van der Waals surface area contributed by atoms with Crippen LogP contribution in [0.3, 0.4) is 0 Å². The highest BCUT2D eigenvalue weighted by Gasteiger charge is 2.40. The standard InChI is InChI=1S/C20H14N4O3/c1-11(24-19(26)12-6-2-3-7-13(12)20(24)27)17(25)14(10-21)18-22-15-8-4-5-9-16(15)23-18/h2-9,11,25H,1H3,(H,22,23)/t11-/m0/s1. The van der Waals surface area contributed by atoms with Gasteiger partial charge in [0, 0.05) is 0 Å². The second-order valence-electron chi connectivity index (χ2n) is 6.18. The summed E-state index contributed by atoms with van der Waals surface area (Å²) in [6.07, 6.45) is 0. The normalized spacial score (nSPS) is 15.5. The van der Waals surface area contributed by atoms with Crippen LogP contribution in [0.25, 0.3) is 16.6 Å². The van der Waals surface area contributed by atoms with Crippen molar-refractivity contribution >= 4 is 28.4 Å². The Kier molecular flexibility index (Phi) is 3.74. The molecule has 0 unspecified atom stereocenters. The van der Waals surface area contributed by atoms with Crippen molar-refractivity contribution in [2.45, 2.75) is 13.0 Å². The van der Waals surface area contributed by atoms with Gasteiger partial charge in [-0.3, -0.25) is 14.5 Å². The maximum Gasteiger partial charge on any atom is 0.262 e. The smallest absolute Gasteiger partial charge is 0.262 e. The Morgan fingerprint density at radius 3 is 2.30 bits per heavy atom. The quantitative estimate of drug-likeness (QED) is 0.425. The summed E-state index contributed by atoms with van der Waals surface area (Å²) in [7, 11) is 0. The van der Waals surface area contributed by atoms with E-state index in [1.807, 2.05) is 18.2 Å². The third kappa shape index (κ3) is 2.47. The highest BCUT2D eigenvalue weighted by atomic mass is 16.3. The lowest BCUT2D eigenvalue weighted by atomic mass is 10.1. The number of H-pyrrole nitrogens is 1. The fourth-order valence-corrected chi connectivity index (χ4v) is 3.19. The maximum atomic E-state index is 12.6. The van der Waals surface area contributed by atoms with Gasteiger partial charge in [-0.1, -0.05) is 24.3 Å². The van der Waals surface area contributed by atoms with E-state index in [0.29, 0.717) is 11.0 Å². The van der Waals surface area contributed by atoms with E-state index in [2.05, 4.69) is 9.97 Å². The van der Waals surface area contributed by atoms with E-state index in [0.717, 1.165) is 4.90 Å². The predicted octanol–water partition coefficient (Wildman–Crippen LogP) is 3.04. The third-order valence-corrected chi connectivity index (χ3v) is 4.60. The van der Waals surface area contributed by atoms with Crippen LogP contribution in [0.4, 0.5) is 0 Å². The first kappa shape index (κ1) is 16.5. The summed E-state index contributed by atoms with van der Waals surface area (Å²) in [5, 5.41) is 20.2. The summed E-state index contributed by atoms with van der Waals surface area (Å²) in [6.45, 7) is 1.50. The van der Waals surface area contributed by atoms with Gasteiger partial charge >= 0.3 is 0 Å². The highest BCUT2D eigenvalue weighted by Crippen LogP contribution is 2.28. The molecule has 7 heteroatoms. The number of fused-ring (bicyclic) bond motifs is 2. The van der Waals surface area contributed by atoms with Crippen LogP contribution in [-0.4, -0.2) is 37.8 Å². The number of aromatic nitrogens is 2. The first-order valence-corrected chi connectivity index (χ1v) is 8.28. The van der Waals surface area contributed by atoms with Gasteiger partial charge < -0.3 is 10.1 Å². The summed E-state index contributed by atoms with van der Waals surface area (Å²) >= 11 is 0. The number of amides is 2. The molecule has 1 aromatic heterocycles. The first-order chi connectivity index (χ1) is 13.0. The van der Waals surface area contributed by atoms with Crippen LogP contribution in [0.2, 0.25) is 0 Å². The van der Waals surface area contributed by atoms with Crippen molar-refractivity contribution in [1.82, 2.24) is 14.9 Å². The molecule has 3 aromatic rings. The lowest BCUT2D eigenvalue weighted by Crippen LogP contribution is -2.39. The summed E-state index contributed by atoms with van der Waals surface area (Å²) in [5.41, 5.74) is 1.80. The van der Waals surface area contributed by atoms with Crippen LogP contribution in [0.5, 0.6) is 0 Å². The average molecular weight is 358 g/mol. The number of carbonyl (C=O) groups is 2. The molecular weight excluding hydrogens is 344 g/mol. The van der Waals surface area contributed by atoms with Gasteiger partial charge in [0.2, 0.25) is 0 Å². The molecule has 0 fully saturated rings. The van der Waals surface area contributed by atoms with Crippen molar-refractivity contribution in [3.05, 3.63) is 71.2 Å². The molecular formula is C20H14N4O3. The zero-order valence-electron chi connectivity index (χ0n) is 14.3. The van der Waals surface area contributed by atoms with E-state index in [9.17, 15) is 20.0 Å². The zero-order valence-corrected chi connectivity index (χ0v) is 14.3. The molecule has 2 N–H and O–H groups in total. The topological polar surface area (TPSA) is 110 Å². The number of nitrogens with zero attached hydrogens (tertiary/aromatic N) is 3. The van der Waals surface area contributed by atoms with Crippen molar-refractivity contribution in [1.29, 1.82) is 5.26 Å². The minimum atomic E-state index is -1.01. The molecule has 2 heterocycles. The number of nitriles is 1. The number of hydrogen-bond acceptors (Lipinski definition) is 5. The van der Waals surface area contributed by atoms with E-state index < -0.39 is 23.6 Å². The lowest BCUT2D eigenvalue weighted by Gasteiger charge is -2.22. The molecule has 0 saturated carbocycles. The van der Waals surface area contributed by atoms with Crippen molar-refractivity contribution in [3.63, 3.8) is 0 Å². The van der Waals surface area contributed by atoms with Crippen LogP contribution in [0.1, 0.15) is 33.5 Å². The molecule has 0 saturated heterocycles. The van der Waals surface area contributed by atoms with Crippen LogP contribution in [0, 0.1) is 11.3 Å². The Bertz CT molecular complexity index is 1100. The predicted molar refractivity (Wildman–Crippen MR) is 97.7 cm³/mol. The molecule has 4 rings (SSSR count).